The van der Waals surface area contributed by atoms with Crippen LogP contribution in [0.25, 0.3) is 0 Å². The summed E-state index contributed by atoms with van der Waals surface area (Å²) in [4.78, 5) is 18.0. The largest absolute Gasteiger partial charge is 0.360 e. The highest BCUT2D eigenvalue weighted by atomic mass is 16.5. The van der Waals surface area contributed by atoms with Gasteiger partial charge in [-0.15, -0.1) is 0 Å². The number of amides is 1. The number of likely N-dealkylation sites (tertiary alicyclic amines) is 1. The minimum atomic E-state index is 0.452. The fourth-order valence-corrected chi connectivity index (χ4v) is 6.89. The lowest BCUT2D eigenvalue weighted by Crippen LogP contribution is -2.65. The van der Waals surface area contributed by atoms with Crippen molar-refractivity contribution in [2.24, 2.45) is 17.8 Å². The molecule has 29 heavy (non-hydrogen) atoms. The standard InChI is InChI=1S/C24H37N3O2/c1-2-20-13-21(29-25-20)16-26-14-18-12-19(15-26)23(11-17-7-4-3-5-8-17)27-22(18)9-6-10-24(27)28/h13,17-19,22-23H,2-12,14-16H2,1H3/t18-,19+,22+,23+/m1/s1. The average Bonchev–Trinajstić information content (AvgIpc) is 3.19. The first-order chi connectivity index (χ1) is 14.2. The molecule has 0 radical (unpaired) electrons. The van der Waals surface area contributed by atoms with E-state index >= 15 is 0 Å². The Morgan fingerprint density at radius 2 is 1.93 bits per heavy atom. The lowest BCUT2D eigenvalue weighted by atomic mass is 9.69. The Kier molecular flexibility index (Phi) is 5.68. The molecule has 1 saturated carbocycles. The predicted octanol–water partition coefficient (Wildman–Crippen LogP) is 4.41. The van der Waals surface area contributed by atoms with Crippen LogP contribution in [-0.4, -0.2) is 46.0 Å². The van der Waals surface area contributed by atoms with Crippen molar-refractivity contribution in [3.63, 3.8) is 0 Å². The molecule has 5 nitrogen and oxygen atoms in total. The molecule has 2 bridgehead atoms. The zero-order valence-electron chi connectivity index (χ0n) is 18.0. The van der Waals surface area contributed by atoms with E-state index in [1.165, 1.54) is 51.4 Å². The molecule has 3 saturated heterocycles. The van der Waals surface area contributed by atoms with Crippen LogP contribution < -0.4 is 0 Å². The molecule has 0 aromatic carbocycles. The highest BCUT2D eigenvalue weighted by molar-refractivity contribution is 5.78. The Morgan fingerprint density at radius 3 is 2.72 bits per heavy atom. The highest BCUT2D eigenvalue weighted by Crippen LogP contribution is 2.44. The third kappa shape index (κ3) is 3.99. The van der Waals surface area contributed by atoms with Gasteiger partial charge >= 0.3 is 0 Å². The monoisotopic (exact) mass is 399 g/mol. The van der Waals surface area contributed by atoms with E-state index in [0.717, 1.165) is 56.3 Å². The number of nitrogens with zero attached hydrogens (tertiary/aromatic N) is 3. The van der Waals surface area contributed by atoms with E-state index in [4.69, 9.17) is 4.52 Å². The minimum Gasteiger partial charge on any atom is -0.360 e. The molecule has 3 aliphatic heterocycles. The zero-order valence-corrected chi connectivity index (χ0v) is 18.0. The second-order valence-electron chi connectivity index (χ2n) is 10.2. The van der Waals surface area contributed by atoms with E-state index in [0.29, 0.717) is 29.8 Å². The molecule has 4 atom stereocenters. The van der Waals surface area contributed by atoms with Crippen molar-refractivity contribution >= 4 is 5.91 Å². The van der Waals surface area contributed by atoms with Crippen molar-refractivity contribution in [3.05, 3.63) is 17.5 Å². The van der Waals surface area contributed by atoms with Gasteiger partial charge in [0.15, 0.2) is 5.76 Å². The molecule has 5 rings (SSSR count). The van der Waals surface area contributed by atoms with Gasteiger partial charge in [0.2, 0.25) is 5.91 Å². The van der Waals surface area contributed by atoms with Crippen LogP contribution in [-0.2, 0) is 17.8 Å². The van der Waals surface area contributed by atoms with Gasteiger partial charge in [-0.05, 0) is 49.9 Å². The molecule has 4 heterocycles. The van der Waals surface area contributed by atoms with Crippen molar-refractivity contribution in [1.82, 2.24) is 15.0 Å². The molecule has 1 aromatic heterocycles. The summed E-state index contributed by atoms with van der Waals surface area (Å²) < 4.78 is 5.60. The summed E-state index contributed by atoms with van der Waals surface area (Å²) in [6.07, 6.45) is 13.5. The van der Waals surface area contributed by atoms with Gasteiger partial charge in [0.25, 0.3) is 0 Å². The molecule has 0 spiro atoms. The molecule has 0 unspecified atom stereocenters. The number of aromatic nitrogens is 1. The molecule has 4 fully saturated rings. The normalized spacial score (nSPS) is 33.7. The molecular formula is C24H37N3O2. The Labute approximate surface area is 175 Å². The van der Waals surface area contributed by atoms with Gasteiger partial charge in [-0.2, -0.15) is 0 Å². The SMILES string of the molecule is CCc1cc(CN2C[C@H]3C[C@@H](C2)[C@H](CC2CCCCC2)N2C(=O)CCC[C@@H]32)on1. The molecule has 5 heteroatoms. The first-order valence-corrected chi connectivity index (χ1v) is 12.2. The summed E-state index contributed by atoms with van der Waals surface area (Å²) in [5, 5.41) is 4.19. The Hall–Kier alpha value is -1.36. The molecule has 0 N–H and O–H groups in total. The number of carbonyl (C=O) groups is 1. The molecule has 1 amide bonds. The van der Waals surface area contributed by atoms with E-state index in [1.54, 1.807) is 0 Å². The third-order valence-corrected chi connectivity index (χ3v) is 8.22. The fraction of sp³-hybridized carbons (Fsp3) is 0.833. The number of fused-ring (bicyclic) bond motifs is 4. The summed E-state index contributed by atoms with van der Waals surface area (Å²) >= 11 is 0. The topological polar surface area (TPSA) is 49.6 Å². The number of rotatable bonds is 5. The third-order valence-electron chi connectivity index (χ3n) is 8.22. The van der Waals surface area contributed by atoms with E-state index in [-0.39, 0.29) is 0 Å². The van der Waals surface area contributed by atoms with Crippen LogP contribution in [0.2, 0.25) is 0 Å². The lowest BCUT2D eigenvalue weighted by molar-refractivity contribution is -0.154. The molecular weight excluding hydrogens is 362 g/mol. The number of hydrogen-bond acceptors (Lipinski definition) is 4. The van der Waals surface area contributed by atoms with Gasteiger partial charge < -0.3 is 9.42 Å². The van der Waals surface area contributed by atoms with Gasteiger partial charge in [0.1, 0.15) is 0 Å². The van der Waals surface area contributed by atoms with Crippen LogP contribution in [0.1, 0.15) is 82.6 Å². The van der Waals surface area contributed by atoms with E-state index in [2.05, 4.69) is 27.9 Å². The maximum atomic E-state index is 13.0. The zero-order chi connectivity index (χ0) is 19.8. The number of hydrogen-bond donors (Lipinski definition) is 0. The fourth-order valence-electron chi connectivity index (χ4n) is 6.89. The second-order valence-corrected chi connectivity index (χ2v) is 10.2. The Bertz CT molecular complexity index is 711. The first-order valence-electron chi connectivity index (χ1n) is 12.2. The summed E-state index contributed by atoms with van der Waals surface area (Å²) in [6, 6.07) is 3.07. The summed E-state index contributed by atoms with van der Waals surface area (Å²) in [5.41, 5.74) is 1.05. The van der Waals surface area contributed by atoms with Gasteiger partial charge in [0.05, 0.1) is 12.2 Å². The number of carbonyl (C=O) groups excluding carboxylic acids is 1. The lowest BCUT2D eigenvalue weighted by Gasteiger charge is -2.57. The quantitative estimate of drug-likeness (QED) is 0.736. The molecule has 4 aliphatic rings. The van der Waals surface area contributed by atoms with Crippen LogP contribution in [0, 0.1) is 17.8 Å². The van der Waals surface area contributed by atoms with E-state index < -0.39 is 0 Å². The summed E-state index contributed by atoms with van der Waals surface area (Å²) in [7, 11) is 0. The van der Waals surface area contributed by atoms with Crippen LogP contribution in [0.4, 0.5) is 0 Å². The molecule has 1 aromatic rings. The highest BCUT2D eigenvalue weighted by Gasteiger charge is 2.49. The van der Waals surface area contributed by atoms with Crippen LogP contribution in [0.3, 0.4) is 0 Å². The number of piperidine rings is 3. The minimum absolute atomic E-state index is 0.452. The Balaban J connectivity index is 1.34. The van der Waals surface area contributed by atoms with Crippen molar-refractivity contribution in [3.8, 4) is 0 Å². The summed E-state index contributed by atoms with van der Waals surface area (Å²) in [5.74, 6) is 3.55. The molecule has 160 valence electrons. The second kappa shape index (κ2) is 8.41. The van der Waals surface area contributed by atoms with Crippen LogP contribution in [0.5, 0.6) is 0 Å². The van der Waals surface area contributed by atoms with E-state index in [9.17, 15) is 4.79 Å². The maximum Gasteiger partial charge on any atom is 0.223 e. The van der Waals surface area contributed by atoms with Crippen LogP contribution in [0.15, 0.2) is 10.6 Å². The van der Waals surface area contributed by atoms with Crippen molar-refractivity contribution in [2.45, 2.75) is 96.2 Å². The number of aryl methyl sites for hydroxylation is 1. The van der Waals surface area contributed by atoms with Gasteiger partial charge in [0, 0.05) is 37.7 Å². The van der Waals surface area contributed by atoms with E-state index in [1.807, 2.05) is 0 Å². The van der Waals surface area contributed by atoms with Crippen molar-refractivity contribution in [2.75, 3.05) is 13.1 Å². The summed E-state index contributed by atoms with van der Waals surface area (Å²) in [6.45, 7) is 5.20. The Morgan fingerprint density at radius 1 is 1.10 bits per heavy atom. The van der Waals surface area contributed by atoms with Crippen molar-refractivity contribution in [1.29, 1.82) is 0 Å². The van der Waals surface area contributed by atoms with Gasteiger partial charge in [-0.1, -0.05) is 44.2 Å². The van der Waals surface area contributed by atoms with Crippen LogP contribution >= 0.6 is 0 Å². The predicted molar refractivity (Wildman–Crippen MR) is 112 cm³/mol. The molecule has 1 aliphatic carbocycles. The smallest absolute Gasteiger partial charge is 0.223 e. The first kappa shape index (κ1) is 19.6. The maximum absolute atomic E-state index is 13.0. The van der Waals surface area contributed by atoms with Gasteiger partial charge in [-0.25, -0.2) is 0 Å². The van der Waals surface area contributed by atoms with Gasteiger partial charge in [-0.3, -0.25) is 9.69 Å². The average molecular weight is 400 g/mol. The van der Waals surface area contributed by atoms with Crippen molar-refractivity contribution < 1.29 is 9.32 Å².